The summed E-state index contributed by atoms with van der Waals surface area (Å²) in [6, 6.07) is 13.2. The molecule has 2 aliphatic rings. The zero-order chi connectivity index (χ0) is 13.5. The summed E-state index contributed by atoms with van der Waals surface area (Å²) in [4.78, 5) is 0. The van der Waals surface area contributed by atoms with Crippen LogP contribution in [0.2, 0.25) is 0 Å². The second kappa shape index (κ2) is 4.49. The summed E-state index contributed by atoms with van der Waals surface area (Å²) in [6.07, 6.45) is 10.8. The van der Waals surface area contributed by atoms with Crippen molar-refractivity contribution in [2.24, 2.45) is 0 Å². The number of benzene rings is 2. The lowest BCUT2D eigenvalue weighted by Crippen LogP contribution is -2.03. The fourth-order valence-electron chi connectivity index (χ4n) is 3.31. The normalized spacial score (nSPS) is 13.9. The lowest BCUT2D eigenvalue weighted by molar-refractivity contribution is 0.805. The van der Waals surface area contributed by atoms with Crippen LogP contribution in [0.1, 0.15) is 37.3 Å². The van der Waals surface area contributed by atoms with Crippen LogP contribution in [-0.4, -0.2) is 0 Å². The molecular weight excluding hydrogens is 240 g/mol. The Labute approximate surface area is 119 Å². The summed E-state index contributed by atoms with van der Waals surface area (Å²) in [5, 5.41) is 5.51. The van der Waals surface area contributed by atoms with E-state index in [-0.39, 0.29) is 0 Å². The van der Waals surface area contributed by atoms with Gasteiger partial charge in [0.25, 0.3) is 0 Å². The molecule has 0 fully saturated rings. The third-order valence-corrected chi connectivity index (χ3v) is 4.36. The van der Waals surface area contributed by atoms with Crippen LogP contribution in [0.25, 0.3) is 18.2 Å². The molecule has 0 nitrogen and oxygen atoms in total. The van der Waals surface area contributed by atoms with E-state index >= 15 is 0 Å². The molecule has 0 N–H and O–H groups in total. The van der Waals surface area contributed by atoms with Gasteiger partial charge in [0.05, 0.1) is 0 Å². The Hall–Kier alpha value is -2.08. The predicted molar refractivity (Wildman–Crippen MR) is 85.3 cm³/mol. The minimum absolute atomic E-state index is 1.20. The van der Waals surface area contributed by atoms with Crippen LogP contribution in [-0.2, 0) is 0 Å². The van der Waals surface area contributed by atoms with Gasteiger partial charge in [-0.25, -0.2) is 0 Å². The monoisotopic (exact) mass is 258 g/mol. The first-order valence-electron chi connectivity index (χ1n) is 7.53. The SMILES string of the molecule is CCCCC1=Cc2c3c(ccc2=C1)=c1ccccc1=C3. The average molecular weight is 258 g/mol. The van der Waals surface area contributed by atoms with E-state index < -0.39 is 0 Å². The van der Waals surface area contributed by atoms with Crippen LogP contribution in [0.15, 0.2) is 42.0 Å². The molecular formula is C20H18. The highest BCUT2D eigenvalue weighted by atomic mass is 14.2. The van der Waals surface area contributed by atoms with Gasteiger partial charge in [-0.1, -0.05) is 61.9 Å². The van der Waals surface area contributed by atoms with Gasteiger partial charge < -0.3 is 0 Å². The topological polar surface area (TPSA) is 0 Å². The van der Waals surface area contributed by atoms with Gasteiger partial charge in [-0.3, -0.25) is 0 Å². The minimum atomic E-state index is 1.20. The van der Waals surface area contributed by atoms with Crippen molar-refractivity contribution in [1.82, 2.24) is 0 Å². The number of allylic oxidation sites excluding steroid dienone is 1. The Kier molecular flexibility index (Phi) is 2.63. The first-order chi connectivity index (χ1) is 9.86. The van der Waals surface area contributed by atoms with Gasteiger partial charge in [-0.05, 0) is 56.5 Å². The highest BCUT2D eigenvalue weighted by Gasteiger charge is 2.11. The van der Waals surface area contributed by atoms with Gasteiger partial charge in [-0.2, -0.15) is 0 Å². The molecule has 2 aromatic carbocycles. The molecule has 2 aromatic rings. The summed E-state index contributed by atoms with van der Waals surface area (Å²) in [5.41, 5.74) is 4.32. The van der Waals surface area contributed by atoms with E-state index in [0.29, 0.717) is 0 Å². The molecule has 98 valence electrons. The maximum atomic E-state index is 2.40. The summed E-state index contributed by atoms with van der Waals surface area (Å²) in [5.74, 6) is 0. The van der Waals surface area contributed by atoms with Gasteiger partial charge in [0, 0.05) is 0 Å². The van der Waals surface area contributed by atoms with Crippen LogP contribution >= 0.6 is 0 Å². The molecule has 0 bridgehead atoms. The molecule has 2 aliphatic carbocycles. The Bertz CT molecular complexity index is 927. The molecule has 0 heteroatoms. The van der Waals surface area contributed by atoms with Crippen molar-refractivity contribution >= 4 is 18.2 Å². The van der Waals surface area contributed by atoms with Crippen molar-refractivity contribution in [2.45, 2.75) is 26.2 Å². The van der Waals surface area contributed by atoms with E-state index in [1.54, 1.807) is 0 Å². The second-order valence-electron chi connectivity index (χ2n) is 5.73. The molecule has 0 aromatic heterocycles. The Balaban J connectivity index is 1.95. The van der Waals surface area contributed by atoms with Crippen LogP contribution in [0, 0.1) is 10.4 Å². The third kappa shape index (κ3) is 1.68. The molecule has 0 amide bonds. The molecule has 4 rings (SSSR count). The van der Waals surface area contributed by atoms with Crippen molar-refractivity contribution in [3.8, 4) is 0 Å². The standard InChI is InChI=1S/C20H18/c1-2-3-6-14-11-16-9-10-18-17-8-5-4-7-15(17)13-20(18)19(16)12-14/h4-5,7-13H,2-3,6H2,1H3. The fraction of sp³-hybridized carbons (Fsp3) is 0.200. The molecule has 0 saturated carbocycles. The summed E-state index contributed by atoms with van der Waals surface area (Å²) >= 11 is 0. The van der Waals surface area contributed by atoms with E-state index in [4.69, 9.17) is 0 Å². The number of hydrogen-bond donors (Lipinski definition) is 0. The molecule has 0 spiro atoms. The van der Waals surface area contributed by atoms with Gasteiger partial charge in [0.15, 0.2) is 0 Å². The molecule has 0 radical (unpaired) electrons. The Morgan fingerprint density at radius 2 is 1.65 bits per heavy atom. The average Bonchev–Trinajstić information content (AvgIpc) is 3.05. The largest absolute Gasteiger partial charge is 0.0654 e. The van der Waals surface area contributed by atoms with Crippen LogP contribution in [0.4, 0.5) is 0 Å². The Morgan fingerprint density at radius 3 is 2.55 bits per heavy atom. The van der Waals surface area contributed by atoms with E-state index in [9.17, 15) is 0 Å². The van der Waals surface area contributed by atoms with Crippen molar-refractivity contribution in [3.05, 3.63) is 74.0 Å². The zero-order valence-electron chi connectivity index (χ0n) is 11.8. The minimum Gasteiger partial charge on any atom is -0.0654 e. The van der Waals surface area contributed by atoms with Crippen molar-refractivity contribution in [1.29, 1.82) is 0 Å². The highest BCUT2D eigenvalue weighted by Crippen LogP contribution is 2.22. The molecule has 20 heavy (non-hydrogen) atoms. The highest BCUT2D eigenvalue weighted by molar-refractivity contribution is 5.79. The van der Waals surface area contributed by atoms with Crippen molar-refractivity contribution < 1.29 is 0 Å². The summed E-state index contributed by atoms with van der Waals surface area (Å²) < 4.78 is 0. The summed E-state index contributed by atoms with van der Waals surface area (Å²) in [6.45, 7) is 2.25. The maximum Gasteiger partial charge on any atom is -0.00929 e. The molecule has 0 atom stereocenters. The quantitative estimate of drug-likeness (QED) is 0.674. The van der Waals surface area contributed by atoms with Gasteiger partial charge in [-0.15, -0.1) is 0 Å². The number of fused-ring (bicyclic) bond motifs is 4. The number of unbranched alkanes of at least 4 members (excludes halogenated alkanes) is 1. The van der Waals surface area contributed by atoms with Gasteiger partial charge in [0.2, 0.25) is 0 Å². The zero-order valence-corrected chi connectivity index (χ0v) is 11.8. The molecule has 0 saturated heterocycles. The smallest absolute Gasteiger partial charge is 0.00929 e. The van der Waals surface area contributed by atoms with Crippen LogP contribution in [0.3, 0.4) is 0 Å². The number of hydrogen-bond acceptors (Lipinski definition) is 0. The van der Waals surface area contributed by atoms with Gasteiger partial charge >= 0.3 is 0 Å². The second-order valence-corrected chi connectivity index (χ2v) is 5.73. The van der Waals surface area contributed by atoms with E-state index in [1.807, 2.05) is 0 Å². The summed E-state index contributed by atoms with van der Waals surface area (Å²) in [7, 11) is 0. The molecule has 0 aliphatic heterocycles. The molecule has 0 unspecified atom stereocenters. The van der Waals surface area contributed by atoms with Crippen molar-refractivity contribution in [3.63, 3.8) is 0 Å². The van der Waals surface area contributed by atoms with E-state index in [1.165, 1.54) is 56.8 Å². The molecule has 0 heterocycles. The lowest BCUT2D eigenvalue weighted by atomic mass is 10.1. The lowest BCUT2D eigenvalue weighted by Gasteiger charge is -1.99. The third-order valence-electron chi connectivity index (χ3n) is 4.36. The van der Waals surface area contributed by atoms with Gasteiger partial charge in [0.1, 0.15) is 0 Å². The number of rotatable bonds is 3. The van der Waals surface area contributed by atoms with Crippen LogP contribution < -0.4 is 10.4 Å². The van der Waals surface area contributed by atoms with E-state index in [0.717, 1.165) is 0 Å². The predicted octanol–water partition coefficient (Wildman–Crippen LogP) is 3.48. The van der Waals surface area contributed by atoms with Crippen LogP contribution in [0.5, 0.6) is 0 Å². The van der Waals surface area contributed by atoms with E-state index in [2.05, 4.69) is 61.5 Å². The fourth-order valence-corrected chi connectivity index (χ4v) is 3.31. The maximum absolute atomic E-state index is 2.40. The first-order valence-corrected chi connectivity index (χ1v) is 7.53. The first kappa shape index (κ1) is 11.7. The van der Waals surface area contributed by atoms with Crippen molar-refractivity contribution in [2.75, 3.05) is 0 Å². The Morgan fingerprint density at radius 1 is 0.750 bits per heavy atom.